The third kappa shape index (κ3) is 7.07. The average molecular weight is 1010 g/mol. The first kappa shape index (κ1) is 41.1. The first-order chi connectivity index (χ1) is 30.6. The van der Waals surface area contributed by atoms with Crippen LogP contribution in [0.25, 0.3) is 61.0 Å². The molecule has 0 radical (unpaired) electrons. The molecule has 0 saturated carbocycles. The number of nitrogens with zero attached hydrogens (tertiary/aromatic N) is 4. The number of fused-ring (bicyclic) bond motifs is 6. The maximum atomic E-state index is 6.75. The molecule has 318 valence electrons. The summed E-state index contributed by atoms with van der Waals surface area (Å²) in [5.74, 6) is 1.95. The van der Waals surface area contributed by atoms with Crippen LogP contribution in [0.1, 0.15) is 54.2 Å². The zero-order chi connectivity index (χ0) is 43.0. The summed E-state index contributed by atoms with van der Waals surface area (Å²) < 4.78 is 15.3. The van der Waals surface area contributed by atoms with Gasteiger partial charge in [0.25, 0.3) is 0 Å². The Kier molecular flexibility index (Phi) is 10.3. The smallest absolute Gasteiger partial charge is 0.137 e. The van der Waals surface area contributed by atoms with Gasteiger partial charge in [0.15, 0.2) is 0 Å². The normalized spacial score (nSPS) is 13.2. The van der Waals surface area contributed by atoms with Gasteiger partial charge in [-0.15, -0.1) is 48.1 Å². The molecule has 0 amide bonds. The van der Waals surface area contributed by atoms with Crippen molar-refractivity contribution >= 4 is 66.5 Å². The zero-order valence-corrected chi connectivity index (χ0v) is 38.8. The molecule has 0 aliphatic carbocycles. The van der Waals surface area contributed by atoms with Crippen molar-refractivity contribution in [3.8, 4) is 17.3 Å². The van der Waals surface area contributed by atoms with Gasteiger partial charge < -0.3 is 23.5 Å². The minimum absolute atomic E-state index is 0. The second kappa shape index (κ2) is 16.0. The van der Waals surface area contributed by atoms with Crippen molar-refractivity contribution in [2.24, 2.45) is 0 Å². The summed E-state index contributed by atoms with van der Waals surface area (Å²) in [4.78, 5) is 9.52. The maximum Gasteiger partial charge on any atom is 0.137 e. The number of pyridine rings is 1. The van der Waals surface area contributed by atoms with Gasteiger partial charge >= 0.3 is 0 Å². The van der Waals surface area contributed by atoms with Crippen molar-refractivity contribution in [3.05, 3.63) is 210 Å². The van der Waals surface area contributed by atoms with Crippen LogP contribution in [-0.2, 0) is 26.5 Å². The van der Waals surface area contributed by atoms with Crippen LogP contribution in [0.15, 0.2) is 162 Å². The third-order valence-electron chi connectivity index (χ3n) is 12.1. The van der Waals surface area contributed by atoms with Crippen LogP contribution >= 0.6 is 0 Å². The summed E-state index contributed by atoms with van der Waals surface area (Å²) in [6, 6.07) is 60.2. The Morgan fingerprint density at radius 1 is 0.594 bits per heavy atom. The predicted molar refractivity (Wildman–Crippen MR) is 258 cm³/mol. The van der Waals surface area contributed by atoms with E-state index in [1.165, 1.54) is 22.3 Å². The van der Waals surface area contributed by atoms with Crippen molar-refractivity contribution in [2.45, 2.75) is 47.0 Å². The second-order valence-electron chi connectivity index (χ2n) is 17.6. The van der Waals surface area contributed by atoms with E-state index in [0.717, 1.165) is 83.5 Å². The minimum atomic E-state index is -0.0691. The number of furan rings is 1. The van der Waals surface area contributed by atoms with Crippen LogP contribution in [0.2, 0.25) is 0 Å². The van der Waals surface area contributed by atoms with Crippen LogP contribution in [0.4, 0.5) is 11.4 Å². The molecule has 10 aromatic rings. The molecule has 0 unspecified atom stereocenters. The van der Waals surface area contributed by atoms with Crippen LogP contribution < -0.4 is 14.5 Å². The largest absolute Gasteiger partial charge is 0.509 e. The number of ether oxygens (including phenoxy) is 1. The maximum absolute atomic E-state index is 6.75. The third-order valence-corrected chi connectivity index (χ3v) is 12.1. The Morgan fingerprint density at radius 2 is 1.27 bits per heavy atom. The topological polar surface area (TPSA) is 46.7 Å². The van der Waals surface area contributed by atoms with E-state index in [-0.39, 0.29) is 26.5 Å². The fourth-order valence-corrected chi connectivity index (χ4v) is 9.31. The van der Waals surface area contributed by atoms with E-state index < -0.39 is 0 Å². The average Bonchev–Trinajstić information content (AvgIpc) is 3.95. The van der Waals surface area contributed by atoms with Gasteiger partial charge in [-0.1, -0.05) is 129 Å². The van der Waals surface area contributed by atoms with Gasteiger partial charge in [-0.3, -0.25) is 0 Å². The molecule has 0 fully saturated rings. The Balaban J connectivity index is 0.00000484. The summed E-state index contributed by atoms with van der Waals surface area (Å²) in [5, 5.41) is 4.30. The van der Waals surface area contributed by atoms with E-state index in [1.54, 1.807) is 0 Å². The van der Waals surface area contributed by atoms with Crippen molar-refractivity contribution < 1.29 is 30.2 Å². The fourth-order valence-electron chi connectivity index (χ4n) is 9.31. The number of hydrogen-bond acceptors (Lipinski definition) is 5. The van der Waals surface area contributed by atoms with Gasteiger partial charge in [0, 0.05) is 78.2 Å². The van der Waals surface area contributed by atoms with E-state index in [0.29, 0.717) is 11.5 Å². The monoisotopic (exact) mass is 1010 g/mol. The standard InChI is InChI=1S/C57H45N4O2.Pt/c1-36-28-37(2)54(38(3)29-36)60-35-59(55(39-16-9-7-10-17-39)56(60)40-18-11-8-12-19-40)42-20-15-21-43(31-42)62-44-24-25-45-47-33-48-46-22-13-14-23-51(46)63-52(48)34-50(47)61(49(45)32-44)53-30-41(26-27-58-53)57(4,5)6;/h7-30,33-35H,1-6H3;/q-3;. The van der Waals surface area contributed by atoms with Gasteiger partial charge in [-0.05, 0) is 77.6 Å². The molecule has 4 heterocycles. The molecule has 0 atom stereocenters. The molecule has 11 rings (SSSR count). The van der Waals surface area contributed by atoms with Crippen LogP contribution in [0.3, 0.4) is 0 Å². The number of para-hydroxylation sites is 1. The van der Waals surface area contributed by atoms with Crippen molar-refractivity contribution in [2.75, 3.05) is 9.80 Å². The molecule has 0 saturated heterocycles. The van der Waals surface area contributed by atoms with Gasteiger partial charge in [0.2, 0.25) is 0 Å². The molecule has 7 heteroatoms. The summed E-state index contributed by atoms with van der Waals surface area (Å²) in [6.07, 6.45) is 1.90. The zero-order valence-electron chi connectivity index (χ0n) is 36.5. The minimum Gasteiger partial charge on any atom is -0.509 e. The molecule has 3 aromatic heterocycles. The summed E-state index contributed by atoms with van der Waals surface area (Å²) in [5.41, 5.74) is 14.7. The number of hydrogen-bond donors (Lipinski definition) is 0. The molecule has 6 nitrogen and oxygen atoms in total. The first-order valence-electron chi connectivity index (χ1n) is 21.4. The molecule has 0 spiro atoms. The number of anilines is 2. The quantitative estimate of drug-likeness (QED) is 0.149. The Morgan fingerprint density at radius 3 is 1.98 bits per heavy atom. The Labute approximate surface area is 388 Å². The van der Waals surface area contributed by atoms with Crippen LogP contribution in [0.5, 0.6) is 11.5 Å². The number of rotatable bonds is 7. The predicted octanol–water partition coefficient (Wildman–Crippen LogP) is 14.7. The van der Waals surface area contributed by atoms with Gasteiger partial charge in [0.1, 0.15) is 17.0 Å². The Bertz CT molecular complexity index is 3410. The SMILES string of the molecule is Cc1cc(C)c(N2[CH-]N(c3[c-]c(Oc4[c-]c5c(cc4)c4cc6c(cc4n5-c4cc(C(C)(C)C)ccn4)oc4ccccc46)ccc3)C(c3ccccc3)=C2c2ccccc2)c(C)c1.[Pt]. The molecule has 0 bridgehead atoms. The van der Waals surface area contributed by atoms with Gasteiger partial charge in [-0.25, -0.2) is 4.98 Å². The molecule has 7 aromatic carbocycles. The summed E-state index contributed by atoms with van der Waals surface area (Å²) in [7, 11) is 0. The fraction of sp³-hybridized carbons (Fsp3) is 0.123. The van der Waals surface area contributed by atoms with Crippen LogP contribution in [0, 0.1) is 39.6 Å². The molecular formula is C57H45N4O2Pt-3. The van der Waals surface area contributed by atoms with E-state index in [9.17, 15) is 0 Å². The second-order valence-corrected chi connectivity index (χ2v) is 17.6. The molecule has 0 N–H and O–H groups in total. The molecule has 1 aliphatic rings. The van der Waals surface area contributed by atoms with E-state index in [4.69, 9.17) is 14.1 Å². The van der Waals surface area contributed by atoms with Crippen LogP contribution in [-0.4, -0.2) is 9.55 Å². The van der Waals surface area contributed by atoms with E-state index >= 15 is 0 Å². The van der Waals surface area contributed by atoms with Crippen molar-refractivity contribution in [1.29, 1.82) is 0 Å². The number of benzene rings is 7. The number of aromatic nitrogens is 2. The Hall–Kier alpha value is -6.88. The van der Waals surface area contributed by atoms with Gasteiger partial charge in [0.05, 0.1) is 0 Å². The van der Waals surface area contributed by atoms with Crippen molar-refractivity contribution in [1.82, 2.24) is 9.55 Å². The first-order valence-corrected chi connectivity index (χ1v) is 21.4. The molecule has 64 heavy (non-hydrogen) atoms. The van der Waals surface area contributed by atoms with E-state index in [2.05, 4.69) is 196 Å². The molecular weight excluding hydrogens is 968 g/mol. The molecule has 1 aliphatic heterocycles. The number of aryl methyl sites for hydroxylation is 3. The summed E-state index contributed by atoms with van der Waals surface area (Å²) >= 11 is 0. The van der Waals surface area contributed by atoms with Crippen molar-refractivity contribution in [3.63, 3.8) is 0 Å². The van der Waals surface area contributed by atoms with E-state index in [1.807, 2.05) is 36.5 Å². The summed E-state index contributed by atoms with van der Waals surface area (Å²) in [6.45, 7) is 15.4. The van der Waals surface area contributed by atoms with Gasteiger partial charge in [-0.2, -0.15) is 12.1 Å².